The number of alkyl halides is 1. The molecule has 0 aromatic carbocycles. The zero-order valence-corrected chi connectivity index (χ0v) is 5.61. The normalized spacial score (nSPS) is 57.0. The molecule has 40 valence electrons. The average Bonchev–Trinajstić information content (AvgIpc) is 2.26. The first-order chi connectivity index (χ1) is 3.39. The Bertz CT molecular complexity index is 84.1. The lowest BCUT2D eigenvalue weighted by Crippen LogP contribution is -2.14. The fourth-order valence-electron chi connectivity index (χ4n) is 1.34. The Labute approximate surface area is 51.6 Å². The van der Waals surface area contributed by atoms with E-state index in [1.165, 1.54) is 13.1 Å². The van der Waals surface area contributed by atoms with Crippen LogP contribution in [-0.2, 0) is 0 Å². The zero-order chi connectivity index (χ0) is 4.85. The maximum Gasteiger partial charge on any atom is 0.0233 e. The summed E-state index contributed by atoms with van der Waals surface area (Å²) in [5, 5.41) is 3.32. The Morgan fingerprint density at radius 3 is 2.14 bits per heavy atom. The van der Waals surface area contributed by atoms with Gasteiger partial charge in [-0.25, -0.2) is 0 Å². The molecule has 0 radical (unpaired) electrons. The average molecular weight is 162 g/mol. The second-order valence-corrected chi connectivity index (χ2v) is 3.49. The minimum absolute atomic E-state index is 0.869. The molecule has 1 saturated heterocycles. The number of piperidine rings is 1. The third-order valence-corrected chi connectivity index (χ3v) is 3.35. The van der Waals surface area contributed by atoms with Gasteiger partial charge in [-0.1, -0.05) is 15.9 Å². The lowest BCUT2D eigenvalue weighted by Gasteiger charge is -1.92. The van der Waals surface area contributed by atoms with Gasteiger partial charge in [0, 0.05) is 4.83 Å². The summed E-state index contributed by atoms with van der Waals surface area (Å²) in [5.74, 6) is 1.97. The molecular formula is C5H8BrN. The van der Waals surface area contributed by atoms with Crippen LogP contribution < -0.4 is 5.32 Å². The van der Waals surface area contributed by atoms with Crippen molar-refractivity contribution in [3.63, 3.8) is 0 Å². The monoisotopic (exact) mass is 161 g/mol. The van der Waals surface area contributed by atoms with Gasteiger partial charge in [0.15, 0.2) is 0 Å². The SMILES string of the molecule is BrC1[C@H]2CNC[C@H]12. The second kappa shape index (κ2) is 1.23. The largest absolute Gasteiger partial charge is 0.316 e. The van der Waals surface area contributed by atoms with E-state index in [0.29, 0.717) is 0 Å². The first-order valence-electron chi connectivity index (χ1n) is 2.74. The summed E-state index contributed by atoms with van der Waals surface area (Å²) in [7, 11) is 0. The van der Waals surface area contributed by atoms with Crippen molar-refractivity contribution in [2.75, 3.05) is 13.1 Å². The van der Waals surface area contributed by atoms with Crippen LogP contribution in [0.5, 0.6) is 0 Å². The molecule has 7 heavy (non-hydrogen) atoms. The van der Waals surface area contributed by atoms with Gasteiger partial charge in [-0.2, -0.15) is 0 Å². The Kier molecular flexibility index (Phi) is 0.762. The van der Waals surface area contributed by atoms with E-state index in [4.69, 9.17) is 0 Å². The topological polar surface area (TPSA) is 12.0 Å². The van der Waals surface area contributed by atoms with Crippen molar-refractivity contribution < 1.29 is 0 Å². The minimum Gasteiger partial charge on any atom is -0.316 e. The molecule has 0 aromatic heterocycles. The van der Waals surface area contributed by atoms with Gasteiger partial charge >= 0.3 is 0 Å². The molecule has 2 fully saturated rings. The Balaban J connectivity index is 2.06. The fraction of sp³-hybridized carbons (Fsp3) is 1.00. The van der Waals surface area contributed by atoms with Gasteiger partial charge in [0.05, 0.1) is 0 Å². The van der Waals surface area contributed by atoms with E-state index in [2.05, 4.69) is 21.2 Å². The van der Waals surface area contributed by atoms with Crippen LogP contribution in [0.15, 0.2) is 0 Å². The van der Waals surface area contributed by atoms with Crippen molar-refractivity contribution in [3.05, 3.63) is 0 Å². The van der Waals surface area contributed by atoms with E-state index >= 15 is 0 Å². The summed E-state index contributed by atoms with van der Waals surface area (Å²) in [6, 6.07) is 0. The van der Waals surface area contributed by atoms with E-state index < -0.39 is 0 Å². The van der Waals surface area contributed by atoms with Crippen molar-refractivity contribution in [2.45, 2.75) is 4.83 Å². The van der Waals surface area contributed by atoms with Crippen molar-refractivity contribution >= 4 is 15.9 Å². The van der Waals surface area contributed by atoms with E-state index in [1.807, 2.05) is 0 Å². The second-order valence-electron chi connectivity index (χ2n) is 2.43. The van der Waals surface area contributed by atoms with Gasteiger partial charge in [0.2, 0.25) is 0 Å². The van der Waals surface area contributed by atoms with Crippen LogP contribution in [0.4, 0.5) is 0 Å². The molecule has 0 bridgehead atoms. The van der Waals surface area contributed by atoms with E-state index in [1.54, 1.807) is 0 Å². The van der Waals surface area contributed by atoms with Gasteiger partial charge in [-0.15, -0.1) is 0 Å². The first kappa shape index (κ1) is 4.33. The molecule has 2 heteroatoms. The lowest BCUT2D eigenvalue weighted by atomic mass is 10.4. The molecule has 2 aliphatic rings. The number of hydrogen-bond acceptors (Lipinski definition) is 1. The standard InChI is InChI=1S/C5H8BrN/c6-5-3-1-7-2-4(3)5/h3-5,7H,1-2H2/t3-,4-/m0/s1. The summed E-state index contributed by atoms with van der Waals surface area (Å²) in [4.78, 5) is 0.869. The summed E-state index contributed by atoms with van der Waals surface area (Å²) in [5.41, 5.74) is 0. The maximum atomic E-state index is 3.59. The highest BCUT2D eigenvalue weighted by molar-refractivity contribution is 9.09. The number of nitrogens with one attached hydrogen (secondary N) is 1. The molecule has 1 heterocycles. The molecule has 0 unspecified atom stereocenters. The summed E-state index contributed by atoms with van der Waals surface area (Å²) in [6.07, 6.45) is 0. The molecule has 1 aliphatic carbocycles. The van der Waals surface area contributed by atoms with Gasteiger partial charge < -0.3 is 5.32 Å². The predicted molar refractivity (Wildman–Crippen MR) is 32.6 cm³/mol. The van der Waals surface area contributed by atoms with Gasteiger partial charge in [-0.05, 0) is 24.9 Å². The van der Waals surface area contributed by atoms with Crippen LogP contribution in [0, 0.1) is 11.8 Å². The zero-order valence-electron chi connectivity index (χ0n) is 4.02. The van der Waals surface area contributed by atoms with Crippen LogP contribution in [0.1, 0.15) is 0 Å². The van der Waals surface area contributed by atoms with Crippen LogP contribution in [0.3, 0.4) is 0 Å². The van der Waals surface area contributed by atoms with Crippen molar-refractivity contribution in [1.29, 1.82) is 0 Å². The molecular weight excluding hydrogens is 154 g/mol. The van der Waals surface area contributed by atoms with Gasteiger partial charge in [-0.3, -0.25) is 0 Å². The Morgan fingerprint density at radius 1 is 1.29 bits per heavy atom. The fourth-order valence-corrected chi connectivity index (χ4v) is 2.32. The maximum absolute atomic E-state index is 3.59. The predicted octanol–water partition coefficient (Wildman–Crippen LogP) is 0.599. The quantitative estimate of drug-likeness (QED) is 0.514. The minimum atomic E-state index is 0.869. The van der Waals surface area contributed by atoms with E-state index in [-0.39, 0.29) is 0 Å². The smallest absolute Gasteiger partial charge is 0.0233 e. The molecule has 2 rings (SSSR count). The Morgan fingerprint density at radius 2 is 1.86 bits per heavy atom. The molecule has 1 nitrogen and oxygen atoms in total. The van der Waals surface area contributed by atoms with Crippen LogP contribution >= 0.6 is 15.9 Å². The highest BCUT2D eigenvalue weighted by atomic mass is 79.9. The van der Waals surface area contributed by atoms with Gasteiger partial charge in [0.25, 0.3) is 0 Å². The number of rotatable bonds is 0. The highest BCUT2D eigenvalue weighted by Crippen LogP contribution is 2.47. The van der Waals surface area contributed by atoms with Crippen molar-refractivity contribution in [3.8, 4) is 0 Å². The number of hydrogen-bond donors (Lipinski definition) is 1. The summed E-state index contributed by atoms with van der Waals surface area (Å²) >= 11 is 3.59. The highest BCUT2D eigenvalue weighted by Gasteiger charge is 2.50. The van der Waals surface area contributed by atoms with Crippen LogP contribution in [-0.4, -0.2) is 17.9 Å². The van der Waals surface area contributed by atoms with E-state index in [9.17, 15) is 0 Å². The molecule has 0 aromatic rings. The number of fused-ring (bicyclic) bond motifs is 1. The Hall–Kier alpha value is 0.440. The molecule has 2 atom stereocenters. The lowest BCUT2D eigenvalue weighted by molar-refractivity contribution is 0.741. The summed E-state index contributed by atoms with van der Waals surface area (Å²) in [6.45, 7) is 2.50. The molecule has 1 N–H and O–H groups in total. The number of halogens is 1. The van der Waals surface area contributed by atoms with Crippen LogP contribution in [0.2, 0.25) is 0 Å². The van der Waals surface area contributed by atoms with Crippen LogP contribution in [0.25, 0.3) is 0 Å². The molecule has 0 spiro atoms. The molecule has 1 saturated carbocycles. The molecule has 1 aliphatic heterocycles. The third kappa shape index (κ3) is 0.470. The first-order valence-corrected chi connectivity index (χ1v) is 3.66. The third-order valence-electron chi connectivity index (χ3n) is 1.99. The van der Waals surface area contributed by atoms with Crippen molar-refractivity contribution in [1.82, 2.24) is 5.32 Å². The van der Waals surface area contributed by atoms with Gasteiger partial charge in [0.1, 0.15) is 0 Å². The summed E-state index contributed by atoms with van der Waals surface area (Å²) < 4.78 is 0. The van der Waals surface area contributed by atoms with Crippen molar-refractivity contribution in [2.24, 2.45) is 11.8 Å². The molecule has 0 amide bonds. The van der Waals surface area contributed by atoms with E-state index in [0.717, 1.165) is 16.7 Å².